The Morgan fingerprint density at radius 3 is 2.57 bits per heavy atom. The van der Waals surface area contributed by atoms with Crippen molar-refractivity contribution < 1.29 is 9.27 Å². The van der Waals surface area contributed by atoms with E-state index in [2.05, 4.69) is 0 Å². The third kappa shape index (κ3) is 1.22. The van der Waals surface area contributed by atoms with E-state index in [4.69, 9.17) is 0 Å². The predicted octanol–water partition coefficient (Wildman–Crippen LogP) is -1.91. The molecule has 0 aromatic rings. The third-order valence-corrected chi connectivity index (χ3v) is 2.23. The topological polar surface area (TPSA) is 44.6 Å². The van der Waals surface area contributed by atoms with Gasteiger partial charge in [0.25, 0.3) is 0 Å². The van der Waals surface area contributed by atoms with Crippen molar-refractivity contribution in [1.82, 2.24) is 0 Å². The molecule has 1 rings (SSSR count). The lowest BCUT2D eigenvalue weighted by Gasteiger charge is -2.10. The standard InChI is InChI=1S/C3H7NO2S/c5-4-1-2-7(6)3-4/h4H,1-3H2. The fourth-order valence-corrected chi connectivity index (χ4v) is 1.65. The lowest BCUT2D eigenvalue weighted by Crippen LogP contribution is -3.05. The van der Waals surface area contributed by atoms with Crippen LogP contribution in [-0.4, -0.2) is 22.4 Å². The van der Waals surface area contributed by atoms with Crippen molar-refractivity contribution in [3.8, 4) is 0 Å². The molecule has 42 valence electrons. The van der Waals surface area contributed by atoms with Crippen LogP contribution >= 0.6 is 0 Å². The molecule has 1 heterocycles. The van der Waals surface area contributed by atoms with E-state index < -0.39 is 10.8 Å². The average Bonchev–Trinajstić information content (AvgIpc) is 1.87. The van der Waals surface area contributed by atoms with Crippen LogP contribution in [0.4, 0.5) is 0 Å². The van der Waals surface area contributed by atoms with Gasteiger partial charge in [-0.05, 0) is 0 Å². The molecule has 1 aliphatic rings. The maximum absolute atomic E-state index is 10.3. The molecular formula is C3H7NO2S. The van der Waals surface area contributed by atoms with E-state index in [1.165, 1.54) is 0 Å². The van der Waals surface area contributed by atoms with Gasteiger partial charge in [0.2, 0.25) is 0 Å². The Morgan fingerprint density at radius 1 is 1.71 bits per heavy atom. The molecule has 1 N–H and O–H groups in total. The van der Waals surface area contributed by atoms with Crippen LogP contribution in [0.1, 0.15) is 0 Å². The third-order valence-electron chi connectivity index (χ3n) is 0.931. The minimum absolute atomic E-state index is 0.151. The van der Waals surface area contributed by atoms with E-state index in [9.17, 15) is 9.42 Å². The van der Waals surface area contributed by atoms with Gasteiger partial charge in [-0.25, -0.2) is 0 Å². The highest BCUT2D eigenvalue weighted by molar-refractivity contribution is 7.84. The van der Waals surface area contributed by atoms with E-state index >= 15 is 0 Å². The maximum Gasteiger partial charge on any atom is 0.153 e. The average molecular weight is 121 g/mol. The summed E-state index contributed by atoms with van der Waals surface area (Å²) in [6.07, 6.45) is 0. The van der Waals surface area contributed by atoms with Gasteiger partial charge in [-0.2, -0.15) is 0 Å². The quantitative estimate of drug-likeness (QED) is 0.380. The second kappa shape index (κ2) is 1.90. The molecular weight excluding hydrogens is 114 g/mol. The molecule has 2 unspecified atom stereocenters. The molecule has 0 bridgehead atoms. The van der Waals surface area contributed by atoms with Gasteiger partial charge in [0, 0.05) is 0 Å². The summed E-state index contributed by atoms with van der Waals surface area (Å²) >= 11 is 0. The minimum atomic E-state index is -0.802. The Labute approximate surface area is 44.3 Å². The number of nitrogens with one attached hydrogen (secondary N) is 1. The van der Waals surface area contributed by atoms with Crippen molar-refractivity contribution in [2.45, 2.75) is 0 Å². The molecule has 1 aliphatic heterocycles. The molecule has 0 saturated carbocycles. The zero-order chi connectivity index (χ0) is 5.28. The highest BCUT2D eigenvalue weighted by atomic mass is 32.2. The van der Waals surface area contributed by atoms with Gasteiger partial charge in [0.1, 0.15) is 0 Å². The second-order valence-electron chi connectivity index (χ2n) is 1.58. The highest BCUT2D eigenvalue weighted by Gasteiger charge is 2.13. The number of quaternary nitrogens is 1. The van der Waals surface area contributed by atoms with Crippen LogP contribution in [-0.2, 0) is 10.8 Å². The Hall–Kier alpha value is 0.0700. The van der Waals surface area contributed by atoms with Gasteiger partial charge in [0.05, 0.1) is 23.1 Å². The second-order valence-corrected chi connectivity index (χ2v) is 3.15. The molecule has 3 nitrogen and oxygen atoms in total. The van der Waals surface area contributed by atoms with Gasteiger partial charge in [0.15, 0.2) is 5.88 Å². The summed E-state index contributed by atoms with van der Waals surface area (Å²) in [5.74, 6) is 0.902. The fourth-order valence-electron chi connectivity index (χ4n) is 0.552. The Morgan fingerprint density at radius 2 is 2.43 bits per heavy atom. The van der Waals surface area contributed by atoms with E-state index in [-0.39, 0.29) is 5.06 Å². The largest absolute Gasteiger partial charge is 0.634 e. The van der Waals surface area contributed by atoms with Crippen molar-refractivity contribution >= 4 is 10.8 Å². The first-order valence-corrected chi connectivity index (χ1v) is 3.64. The van der Waals surface area contributed by atoms with Gasteiger partial charge >= 0.3 is 0 Å². The van der Waals surface area contributed by atoms with Crippen molar-refractivity contribution in [3.05, 3.63) is 5.21 Å². The molecule has 0 aromatic carbocycles. The SMILES string of the molecule is O=S1CC[NH+]([O-])C1. The normalized spacial score (nSPS) is 41.9. The van der Waals surface area contributed by atoms with Crippen LogP contribution in [0.3, 0.4) is 0 Å². The summed E-state index contributed by atoms with van der Waals surface area (Å²) in [6, 6.07) is 0. The molecule has 0 radical (unpaired) electrons. The highest BCUT2D eigenvalue weighted by Crippen LogP contribution is 1.78. The van der Waals surface area contributed by atoms with E-state index in [1.54, 1.807) is 0 Å². The fraction of sp³-hybridized carbons (Fsp3) is 1.00. The number of hydrogen-bond donors (Lipinski definition) is 1. The predicted molar refractivity (Wildman–Crippen MR) is 27.1 cm³/mol. The molecule has 0 aromatic heterocycles. The van der Waals surface area contributed by atoms with Gasteiger partial charge < -0.3 is 10.3 Å². The van der Waals surface area contributed by atoms with Crippen molar-refractivity contribution in [2.24, 2.45) is 0 Å². The summed E-state index contributed by atoms with van der Waals surface area (Å²) in [7, 11) is -0.802. The molecule has 0 aliphatic carbocycles. The summed E-state index contributed by atoms with van der Waals surface area (Å²) in [4.78, 5) is 0. The lowest BCUT2D eigenvalue weighted by atomic mass is 10.8. The summed E-state index contributed by atoms with van der Waals surface area (Å²) in [5.41, 5.74) is 0. The maximum atomic E-state index is 10.3. The molecule has 0 amide bonds. The molecule has 2 atom stereocenters. The summed E-state index contributed by atoms with van der Waals surface area (Å²) < 4.78 is 10.3. The Balaban J connectivity index is 2.40. The number of hydrogen-bond acceptors (Lipinski definition) is 2. The first kappa shape index (κ1) is 5.21. The number of rotatable bonds is 0. The van der Waals surface area contributed by atoms with Crippen LogP contribution in [0.15, 0.2) is 0 Å². The van der Waals surface area contributed by atoms with E-state index in [0.717, 1.165) is 0 Å². The molecule has 1 fully saturated rings. The van der Waals surface area contributed by atoms with Gasteiger partial charge in [-0.3, -0.25) is 4.21 Å². The lowest BCUT2D eigenvalue weighted by molar-refractivity contribution is -0.826. The molecule has 7 heavy (non-hydrogen) atoms. The first-order valence-electron chi connectivity index (χ1n) is 2.16. The van der Waals surface area contributed by atoms with Gasteiger partial charge in [-0.1, -0.05) is 0 Å². The van der Waals surface area contributed by atoms with Crippen molar-refractivity contribution in [3.63, 3.8) is 0 Å². The molecule has 1 saturated heterocycles. The summed E-state index contributed by atoms with van der Waals surface area (Å²) in [6.45, 7) is 0.534. The zero-order valence-corrected chi connectivity index (χ0v) is 4.66. The molecule has 4 heteroatoms. The number of hydroxylamine groups is 2. The van der Waals surface area contributed by atoms with Crippen LogP contribution in [0.25, 0.3) is 0 Å². The van der Waals surface area contributed by atoms with Crippen LogP contribution in [0.5, 0.6) is 0 Å². The van der Waals surface area contributed by atoms with Crippen LogP contribution in [0, 0.1) is 5.21 Å². The first-order chi connectivity index (χ1) is 3.29. The summed E-state index contributed by atoms with van der Waals surface area (Å²) in [5, 5.41) is 10.4. The van der Waals surface area contributed by atoms with Gasteiger partial charge in [-0.15, -0.1) is 0 Å². The van der Waals surface area contributed by atoms with Crippen molar-refractivity contribution in [1.29, 1.82) is 0 Å². The zero-order valence-electron chi connectivity index (χ0n) is 3.85. The smallest absolute Gasteiger partial charge is 0.153 e. The Kier molecular flexibility index (Phi) is 1.41. The van der Waals surface area contributed by atoms with Crippen LogP contribution < -0.4 is 5.06 Å². The van der Waals surface area contributed by atoms with E-state index in [1.807, 2.05) is 0 Å². The van der Waals surface area contributed by atoms with E-state index in [0.29, 0.717) is 18.2 Å². The molecule has 0 spiro atoms. The minimum Gasteiger partial charge on any atom is -0.634 e. The van der Waals surface area contributed by atoms with Crippen molar-refractivity contribution in [2.75, 3.05) is 18.2 Å². The Bertz CT molecular complexity index is 94.9. The monoisotopic (exact) mass is 121 g/mol. The van der Waals surface area contributed by atoms with Crippen LogP contribution in [0.2, 0.25) is 0 Å².